The topological polar surface area (TPSA) is 100 Å². The molecule has 1 atom stereocenters. The van der Waals surface area contributed by atoms with Crippen molar-refractivity contribution in [1.82, 2.24) is 14.8 Å². The Kier molecular flexibility index (Phi) is 3.96. The molecule has 2 heterocycles. The molecule has 3 N–H and O–H groups in total. The van der Waals surface area contributed by atoms with Crippen molar-refractivity contribution in [2.45, 2.75) is 32.7 Å². The molecule has 1 unspecified atom stereocenters. The van der Waals surface area contributed by atoms with Crippen molar-refractivity contribution in [3.8, 4) is 22.9 Å². The van der Waals surface area contributed by atoms with E-state index in [4.69, 9.17) is 0 Å². The summed E-state index contributed by atoms with van der Waals surface area (Å²) in [5.74, 6) is 1.32. The normalized spacial score (nSPS) is 19.8. The molecule has 0 radical (unpaired) electrons. The number of Topliss-reactive ketones (excluding diaryl/α,β-unsaturated/α-hetero) is 1. The molecule has 0 bridgehead atoms. The first kappa shape index (κ1) is 18.4. The molecule has 30 heavy (non-hydrogen) atoms. The molecule has 152 valence electrons. The molecule has 2 aromatic carbocycles. The Bertz CT molecular complexity index is 1210. The molecule has 7 nitrogen and oxygen atoms in total. The van der Waals surface area contributed by atoms with Crippen LogP contribution >= 0.6 is 0 Å². The smallest absolute Gasteiger partial charge is 0.226 e. The number of nitrogens with zero attached hydrogens (tertiary/aromatic N) is 3. The molecule has 3 aromatic rings. The lowest BCUT2D eigenvalue weighted by molar-refractivity contribution is -0.118. The molecule has 0 saturated carbocycles. The minimum Gasteiger partial charge on any atom is -0.508 e. The molecule has 2 aliphatic rings. The van der Waals surface area contributed by atoms with E-state index in [1.54, 1.807) is 41.1 Å². The number of aromatic hydroxyl groups is 2. The molecule has 1 aliphatic heterocycles. The maximum Gasteiger partial charge on any atom is 0.226 e. The zero-order valence-electron chi connectivity index (χ0n) is 16.8. The lowest BCUT2D eigenvalue weighted by atomic mass is 9.73. The van der Waals surface area contributed by atoms with E-state index in [0.29, 0.717) is 29.3 Å². The van der Waals surface area contributed by atoms with E-state index < -0.39 is 6.04 Å². The van der Waals surface area contributed by atoms with Gasteiger partial charge in [0.1, 0.15) is 17.5 Å². The van der Waals surface area contributed by atoms with Crippen LogP contribution in [-0.4, -0.2) is 30.8 Å². The van der Waals surface area contributed by atoms with Gasteiger partial charge in [-0.05, 0) is 41.7 Å². The van der Waals surface area contributed by atoms with E-state index in [1.807, 2.05) is 12.1 Å². The number of nitrogens with one attached hydrogen (secondary N) is 1. The summed E-state index contributed by atoms with van der Waals surface area (Å²) in [6.07, 6.45) is 1.17. The number of hydrogen-bond donors (Lipinski definition) is 3. The van der Waals surface area contributed by atoms with Crippen LogP contribution in [0.5, 0.6) is 11.5 Å². The van der Waals surface area contributed by atoms with Gasteiger partial charge in [-0.15, -0.1) is 5.10 Å². The van der Waals surface area contributed by atoms with E-state index >= 15 is 0 Å². The Hall–Kier alpha value is -3.61. The van der Waals surface area contributed by atoms with Gasteiger partial charge in [0.2, 0.25) is 5.95 Å². The number of phenols is 2. The summed E-state index contributed by atoms with van der Waals surface area (Å²) >= 11 is 0. The van der Waals surface area contributed by atoms with Gasteiger partial charge >= 0.3 is 0 Å². The van der Waals surface area contributed by atoms with Gasteiger partial charge in [-0.2, -0.15) is 4.98 Å². The van der Waals surface area contributed by atoms with Gasteiger partial charge in [0.15, 0.2) is 11.6 Å². The average molecular weight is 402 g/mol. The highest BCUT2D eigenvalue weighted by Gasteiger charge is 2.42. The second-order valence-corrected chi connectivity index (χ2v) is 8.71. The molecule has 0 saturated heterocycles. The zero-order valence-corrected chi connectivity index (χ0v) is 16.8. The van der Waals surface area contributed by atoms with Crippen molar-refractivity contribution < 1.29 is 15.0 Å². The van der Waals surface area contributed by atoms with Crippen molar-refractivity contribution in [1.29, 1.82) is 0 Å². The van der Waals surface area contributed by atoms with Gasteiger partial charge in [-0.1, -0.05) is 38.1 Å². The quantitative estimate of drug-likeness (QED) is 0.599. The first-order valence-corrected chi connectivity index (χ1v) is 9.89. The van der Waals surface area contributed by atoms with E-state index in [-0.39, 0.29) is 22.7 Å². The van der Waals surface area contributed by atoms with E-state index in [9.17, 15) is 15.0 Å². The van der Waals surface area contributed by atoms with Crippen LogP contribution in [0.25, 0.3) is 11.4 Å². The van der Waals surface area contributed by atoms with Gasteiger partial charge in [0.25, 0.3) is 0 Å². The fourth-order valence-corrected chi connectivity index (χ4v) is 4.38. The largest absolute Gasteiger partial charge is 0.508 e. The van der Waals surface area contributed by atoms with Crippen LogP contribution in [0.15, 0.2) is 59.8 Å². The molecule has 1 aromatic heterocycles. The molecule has 0 amide bonds. The monoisotopic (exact) mass is 402 g/mol. The van der Waals surface area contributed by atoms with Crippen LogP contribution < -0.4 is 5.32 Å². The van der Waals surface area contributed by atoms with Crippen molar-refractivity contribution in [2.24, 2.45) is 5.41 Å². The molecule has 7 heteroatoms. The number of phenolic OH excluding ortho intramolecular Hbond substituents is 2. The first-order chi connectivity index (χ1) is 14.3. The third-order valence-corrected chi connectivity index (χ3v) is 5.62. The number of allylic oxidation sites excluding steroid dienone is 2. The number of rotatable bonds is 2. The van der Waals surface area contributed by atoms with Crippen LogP contribution in [0.4, 0.5) is 5.95 Å². The van der Waals surface area contributed by atoms with Crippen LogP contribution in [-0.2, 0) is 4.79 Å². The van der Waals surface area contributed by atoms with Crippen molar-refractivity contribution in [3.63, 3.8) is 0 Å². The second-order valence-electron chi connectivity index (χ2n) is 8.71. The summed E-state index contributed by atoms with van der Waals surface area (Å²) in [5.41, 5.74) is 2.82. The van der Waals surface area contributed by atoms with Gasteiger partial charge in [-0.3, -0.25) is 4.79 Å². The number of fused-ring (bicyclic) bond motifs is 1. The Labute approximate surface area is 173 Å². The SMILES string of the molecule is CC1(C)CC(=O)C2=C(C1)Nc1nc(-c3cccc(O)c3)nn1C2c1cccc(O)c1. The number of hydrogen-bond acceptors (Lipinski definition) is 6. The predicted octanol–water partition coefficient (Wildman–Crippen LogP) is 4.01. The highest BCUT2D eigenvalue weighted by molar-refractivity contribution is 6.00. The molecular formula is C23H22N4O3. The maximum absolute atomic E-state index is 13.2. The van der Waals surface area contributed by atoms with Crippen LogP contribution in [0.1, 0.15) is 38.3 Å². The van der Waals surface area contributed by atoms with Crippen molar-refractivity contribution in [3.05, 3.63) is 65.4 Å². The molecular weight excluding hydrogens is 380 g/mol. The van der Waals surface area contributed by atoms with E-state index in [0.717, 1.165) is 17.7 Å². The molecule has 5 rings (SSSR count). The number of aromatic nitrogens is 3. The lowest BCUT2D eigenvalue weighted by Gasteiger charge is -2.38. The Morgan fingerprint density at radius 2 is 1.80 bits per heavy atom. The summed E-state index contributed by atoms with van der Waals surface area (Å²) in [6.45, 7) is 4.16. The Balaban J connectivity index is 1.69. The summed E-state index contributed by atoms with van der Waals surface area (Å²) in [6, 6.07) is 13.2. The molecule has 1 aliphatic carbocycles. The zero-order chi connectivity index (χ0) is 21.0. The molecule has 0 fully saturated rings. The second kappa shape index (κ2) is 6.45. The van der Waals surface area contributed by atoms with Crippen molar-refractivity contribution in [2.75, 3.05) is 5.32 Å². The number of carbonyl (C=O) groups is 1. The first-order valence-electron chi connectivity index (χ1n) is 9.89. The standard InChI is InChI=1S/C23H22N4O3/c1-23(2)11-17-19(18(30)12-23)20(13-5-3-7-15(28)9-13)27-22(24-17)25-21(26-27)14-6-4-8-16(29)10-14/h3-10,20,28-29H,11-12H2,1-2H3,(H,24,25,26). The summed E-state index contributed by atoms with van der Waals surface area (Å²) in [5, 5.41) is 27.9. The van der Waals surface area contributed by atoms with Crippen LogP contribution in [0.3, 0.4) is 0 Å². The van der Waals surface area contributed by atoms with Gasteiger partial charge < -0.3 is 15.5 Å². The van der Waals surface area contributed by atoms with Crippen LogP contribution in [0, 0.1) is 5.41 Å². The van der Waals surface area contributed by atoms with Gasteiger partial charge in [0.05, 0.1) is 0 Å². The predicted molar refractivity (Wildman–Crippen MR) is 112 cm³/mol. The highest BCUT2D eigenvalue weighted by atomic mass is 16.3. The molecule has 0 spiro atoms. The van der Waals surface area contributed by atoms with E-state index in [2.05, 4.69) is 29.2 Å². The maximum atomic E-state index is 13.2. The van der Waals surface area contributed by atoms with E-state index in [1.165, 1.54) is 0 Å². The Morgan fingerprint density at radius 3 is 2.53 bits per heavy atom. The third kappa shape index (κ3) is 3.03. The minimum absolute atomic E-state index is 0.0714. The lowest BCUT2D eigenvalue weighted by Crippen LogP contribution is -2.36. The summed E-state index contributed by atoms with van der Waals surface area (Å²) < 4.78 is 1.70. The fourth-order valence-electron chi connectivity index (χ4n) is 4.38. The minimum atomic E-state index is -0.481. The van der Waals surface area contributed by atoms with Gasteiger partial charge in [0, 0.05) is 23.3 Å². The summed E-state index contributed by atoms with van der Waals surface area (Å²) in [4.78, 5) is 17.8. The van der Waals surface area contributed by atoms with Crippen LogP contribution in [0.2, 0.25) is 0 Å². The van der Waals surface area contributed by atoms with Crippen molar-refractivity contribution >= 4 is 11.7 Å². The highest BCUT2D eigenvalue weighted by Crippen LogP contribution is 2.46. The number of ketones is 1. The number of benzene rings is 2. The van der Waals surface area contributed by atoms with Gasteiger partial charge in [-0.25, -0.2) is 4.68 Å². The fraction of sp³-hybridized carbons (Fsp3) is 0.261. The Morgan fingerprint density at radius 1 is 1.07 bits per heavy atom. The third-order valence-electron chi connectivity index (χ3n) is 5.62. The average Bonchev–Trinajstić information content (AvgIpc) is 3.09. The summed E-state index contributed by atoms with van der Waals surface area (Å²) in [7, 11) is 0. The number of carbonyl (C=O) groups excluding carboxylic acids is 1. The number of anilines is 1.